The summed E-state index contributed by atoms with van der Waals surface area (Å²) in [6.07, 6.45) is 23.4. The molecule has 0 bridgehead atoms. The lowest BCUT2D eigenvalue weighted by Gasteiger charge is -2.20. The maximum atomic E-state index is 12.3. The molecule has 0 aliphatic heterocycles. The fourth-order valence-corrected chi connectivity index (χ4v) is 3.81. The number of unbranched alkanes of at least 4 members (excludes halogenated alkanes) is 3. The molecule has 0 spiro atoms. The molecule has 0 aliphatic rings. The molecule has 3 unspecified atom stereocenters. The number of hydrogen-bond donors (Lipinski definition) is 3. The standard InChI is InChI=1S/C29H48NO10P/c1-3-5-7-8-9-10-11-12-13-14-15-16-17-18-19-21-28(32)40-25(22-37-27(31)20-6-4-2)23-38-41(35,36)39-24-26(30)29(33)34/h5,7,9-10,12-13,15-16,25-26H,3-4,6,8,11,14,17-24,30H2,1-2H3,(H,33,34)(H,35,36)/b7-5-,10-9-,13-12-,16-15-. The highest BCUT2D eigenvalue weighted by Crippen LogP contribution is 2.43. The Bertz CT molecular complexity index is 900. The normalized spacial score (nSPS) is 15.0. The second-order valence-corrected chi connectivity index (χ2v) is 10.6. The second-order valence-electron chi connectivity index (χ2n) is 9.15. The Kier molecular flexibility index (Phi) is 23.6. The summed E-state index contributed by atoms with van der Waals surface area (Å²) in [5.41, 5.74) is 5.25. The van der Waals surface area contributed by atoms with Crippen LogP contribution in [0.25, 0.3) is 0 Å². The van der Waals surface area contributed by atoms with Crippen LogP contribution in [-0.4, -0.2) is 59.9 Å². The summed E-state index contributed by atoms with van der Waals surface area (Å²) in [4.78, 5) is 44.7. The van der Waals surface area contributed by atoms with Crippen molar-refractivity contribution in [2.45, 2.75) is 96.6 Å². The predicted molar refractivity (Wildman–Crippen MR) is 157 cm³/mol. The highest BCUT2D eigenvalue weighted by atomic mass is 31.2. The highest BCUT2D eigenvalue weighted by molar-refractivity contribution is 7.47. The maximum absolute atomic E-state index is 12.3. The van der Waals surface area contributed by atoms with Gasteiger partial charge in [0.15, 0.2) is 6.10 Å². The van der Waals surface area contributed by atoms with E-state index in [9.17, 15) is 23.8 Å². The molecule has 234 valence electrons. The molecule has 0 aromatic heterocycles. The molecule has 4 N–H and O–H groups in total. The molecule has 0 rings (SSSR count). The quantitative estimate of drug-likeness (QED) is 0.0519. The van der Waals surface area contributed by atoms with E-state index < -0.39 is 51.1 Å². The molecule has 41 heavy (non-hydrogen) atoms. The Morgan fingerprint density at radius 2 is 1.34 bits per heavy atom. The number of ether oxygens (including phenoxy) is 2. The predicted octanol–water partition coefficient (Wildman–Crippen LogP) is 5.54. The van der Waals surface area contributed by atoms with Crippen molar-refractivity contribution in [2.75, 3.05) is 19.8 Å². The zero-order chi connectivity index (χ0) is 30.8. The topological polar surface area (TPSA) is 172 Å². The van der Waals surface area contributed by atoms with Crippen molar-refractivity contribution in [1.82, 2.24) is 0 Å². The number of esters is 2. The lowest BCUT2D eigenvalue weighted by atomic mass is 10.2. The monoisotopic (exact) mass is 601 g/mol. The molecular formula is C29H48NO10P. The molecular weight excluding hydrogens is 553 g/mol. The summed E-state index contributed by atoms with van der Waals surface area (Å²) in [5, 5.41) is 8.75. The third-order valence-corrected chi connectivity index (χ3v) is 6.29. The van der Waals surface area contributed by atoms with Crippen molar-refractivity contribution in [1.29, 1.82) is 0 Å². The number of carboxylic acids is 1. The molecule has 0 amide bonds. The van der Waals surface area contributed by atoms with E-state index in [0.29, 0.717) is 12.8 Å². The third-order valence-electron chi connectivity index (χ3n) is 5.34. The number of allylic oxidation sites excluding steroid dienone is 8. The van der Waals surface area contributed by atoms with Crippen molar-refractivity contribution in [2.24, 2.45) is 5.73 Å². The molecule has 0 heterocycles. The first kappa shape index (κ1) is 38.4. The van der Waals surface area contributed by atoms with E-state index in [4.69, 9.17) is 24.8 Å². The summed E-state index contributed by atoms with van der Waals surface area (Å²) in [7, 11) is -4.70. The van der Waals surface area contributed by atoms with E-state index in [0.717, 1.165) is 44.9 Å². The van der Waals surface area contributed by atoms with Gasteiger partial charge in [0.05, 0.1) is 13.2 Å². The summed E-state index contributed by atoms with van der Waals surface area (Å²) in [6.45, 7) is 2.29. The molecule has 0 saturated carbocycles. The zero-order valence-corrected chi connectivity index (χ0v) is 25.3. The number of carbonyl (C=O) groups excluding carboxylic acids is 2. The molecule has 0 aromatic carbocycles. The van der Waals surface area contributed by atoms with Gasteiger partial charge in [-0.1, -0.05) is 68.9 Å². The van der Waals surface area contributed by atoms with E-state index >= 15 is 0 Å². The van der Waals surface area contributed by atoms with E-state index in [2.05, 4.69) is 60.1 Å². The van der Waals surface area contributed by atoms with Crippen LogP contribution in [0.1, 0.15) is 84.5 Å². The van der Waals surface area contributed by atoms with Crippen LogP contribution < -0.4 is 5.73 Å². The number of rotatable bonds is 25. The van der Waals surface area contributed by atoms with Gasteiger partial charge in [0.1, 0.15) is 12.6 Å². The molecule has 0 aromatic rings. The third kappa shape index (κ3) is 24.9. The maximum Gasteiger partial charge on any atom is 0.472 e. The van der Waals surface area contributed by atoms with Crippen LogP contribution in [0.4, 0.5) is 0 Å². The van der Waals surface area contributed by atoms with Gasteiger partial charge in [0.25, 0.3) is 0 Å². The number of carbonyl (C=O) groups is 3. The molecule has 11 nitrogen and oxygen atoms in total. The zero-order valence-electron chi connectivity index (χ0n) is 24.4. The van der Waals surface area contributed by atoms with Crippen LogP contribution in [-0.2, 0) is 37.5 Å². The number of nitrogens with two attached hydrogens (primary N) is 1. The number of carboxylic acid groups (broad SMARTS) is 1. The summed E-state index contributed by atoms with van der Waals surface area (Å²) < 4.78 is 31.8. The molecule has 0 fully saturated rings. The number of phosphoric acid groups is 1. The second kappa shape index (κ2) is 25.2. The first-order chi connectivity index (χ1) is 19.6. The van der Waals surface area contributed by atoms with Gasteiger partial charge in [-0.3, -0.25) is 23.4 Å². The number of hydrogen-bond acceptors (Lipinski definition) is 9. The van der Waals surface area contributed by atoms with E-state index in [-0.39, 0.29) is 19.4 Å². The SMILES string of the molecule is CC/C=C\C/C=C\C/C=C\C/C=C\CCCCC(=O)OC(COC(=O)CCCC)COP(=O)(O)OCC(N)C(=O)O. The molecule has 0 aliphatic carbocycles. The molecule has 12 heteroatoms. The molecule has 0 radical (unpaired) electrons. The molecule has 3 atom stereocenters. The minimum atomic E-state index is -4.70. The molecule has 0 saturated heterocycles. The van der Waals surface area contributed by atoms with Gasteiger partial charge in [0.2, 0.25) is 0 Å². The van der Waals surface area contributed by atoms with Crippen LogP contribution in [0, 0.1) is 0 Å². The van der Waals surface area contributed by atoms with Gasteiger partial charge in [0, 0.05) is 12.8 Å². The minimum Gasteiger partial charge on any atom is -0.480 e. The summed E-state index contributed by atoms with van der Waals surface area (Å²) in [5.74, 6) is -2.49. The fraction of sp³-hybridized carbons (Fsp3) is 0.621. The van der Waals surface area contributed by atoms with Crippen molar-refractivity contribution in [3.63, 3.8) is 0 Å². The van der Waals surface area contributed by atoms with Crippen LogP contribution >= 0.6 is 7.82 Å². The van der Waals surface area contributed by atoms with Crippen LogP contribution in [0.3, 0.4) is 0 Å². The van der Waals surface area contributed by atoms with Crippen LogP contribution in [0.5, 0.6) is 0 Å². The van der Waals surface area contributed by atoms with Crippen molar-refractivity contribution in [3.8, 4) is 0 Å². The van der Waals surface area contributed by atoms with Gasteiger partial charge >= 0.3 is 25.7 Å². The smallest absolute Gasteiger partial charge is 0.472 e. The highest BCUT2D eigenvalue weighted by Gasteiger charge is 2.28. The van der Waals surface area contributed by atoms with Gasteiger partial charge < -0.3 is 25.2 Å². The van der Waals surface area contributed by atoms with E-state index in [1.165, 1.54) is 0 Å². The van der Waals surface area contributed by atoms with Gasteiger partial charge in [-0.25, -0.2) is 4.57 Å². The minimum absolute atomic E-state index is 0.106. The Labute approximate surface area is 244 Å². The largest absolute Gasteiger partial charge is 0.480 e. The first-order valence-corrected chi connectivity index (χ1v) is 15.7. The Hall–Kier alpha value is -2.56. The lowest BCUT2D eigenvalue weighted by molar-refractivity contribution is -0.161. The Morgan fingerprint density at radius 3 is 1.93 bits per heavy atom. The van der Waals surface area contributed by atoms with Crippen molar-refractivity contribution in [3.05, 3.63) is 48.6 Å². The Balaban J connectivity index is 4.47. The van der Waals surface area contributed by atoms with Gasteiger partial charge in [-0.15, -0.1) is 0 Å². The number of phosphoric ester groups is 1. The first-order valence-electron chi connectivity index (χ1n) is 14.2. The summed E-state index contributed by atoms with van der Waals surface area (Å²) in [6, 6.07) is -1.52. The van der Waals surface area contributed by atoms with Crippen molar-refractivity contribution >= 4 is 25.7 Å². The lowest BCUT2D eigenvalue weighted by Crippen LogP contribution is -2.34. The Morgan fingerprint density at radius 1 is 0.780 bits per heavy atom. The number of aliphatic carboxylic acids is 1. The average molecular weight is 602 g/mol. The average Bonchev–Trinajstić information content (AvgIpc) is 2.94. The van der Waals surface area contributed by atoms with Crippen LogP contribution in [0.15, 0.2) is 48.6 Å². The van der Waals surface area contributed by atoms with Crippen LogP contribution in [0.2, 0.25) is 0 Å². The van der Waals surface area contributed by atoms with Gasteiger partial charge in [-0.05, 0) is 51.4 Å². The summed E-state index contributed by atoms with van der Waals surface area (Å²) >= 11 is 0. The fourth-order valence-electron chi connectivity index (χ4n) is 3.03. The van der Waals surface area contributed by atoms with E-state index in [1.807, 2.05) is 6.92 Å². The van der Waals surface area contributed by atoms with Gasteiger partial charge in [-0.2, -0.15) is 0 Å². The van der Waals surface area contributed by atoms with E-state index in [1.54, 1.807) is 0 Å². The van der Waals surface area contributed by atoms with Crippen molar-refractivity contribution < 1.29 is 47.5 Å².